The Labute approximate surface area is 198 Å². The summed E-state index contributed by atoms with van der Waals surface area (Å²) < 4.78 is 39.2. The summed E-state index contributed by atoms with van der Waals surface area (Å²) in [5.41, 5.74) is 4.03. The molecule has 3 N–H and O–H groups in total. The van der Waals surface area contributed by atoms with Crippen molar-refractivity contribution in [2.75, 3.05) is 24.3 Å². The zero-order chi connectivity index (χ0) is 24.5. The van der Waals surface area contributed by atoms with Gasteiger partial charge in [-0.3, -0.25) is 9.52 Å². The Morgan fingerprint density at radius 3 is 2.32 bits per heavy atom. The number of aromatic nitrogens is 1. The van der Waals surface area contributed by atoms with Crippen molar-refractivity contribution in [3.05, 3.63) is 77.5 Å². The Bertz CT molecular complexity index is 1490. The number of nitrogens with one attached hydrogen (secondary N) is 3. The molecular formula is C25H25N3O5S. The van der Waals surface area contributed by atoms with Gasteiger partial charge in [-0.2, -0.15) is 0 Å². The fourth-order valence-corrected chi connectivity index (χ4v) is 4.78. The minimum atomic E-state index is -3.97. The maximum absolute atomic E-state index is 13.0. The zero-order valence-corrected chi connectivity index (χ0v) is 20.0. The minimum Gasteiger partial charge on any atom is -0.495 e. The lowest BCUT2D eigenvalue weighted by atomic mass is 10.1. The normalized spacial score (nSPS) is 11.3. The number of fused-ring (bicyclic) bond motifs is 1. The van der Waals surface area contributed by atoms with Gasteiger partial charge in [-0.25, -0.2) is 8.42 Å². The van der Waals surface area contributed by atoms with Crippen molar-refractivity contribution >= 4 is 38.2 Å². The molecule has 0 saturated carbocycles. The lowest BCUT2D eigenvalue weighted by Crippen LogP contribution is -2.16. The van der Waals surface area contributed by atoms with Gasteiger partial charge in [0.05, 0.1) is 30.5 Å². The molecule has 8 nitrogen and oxygen atoms in total. The maximum Gasteiger partial charge on any atom is 0.262 e. The van der Waals surface area contributed by atoms with Crippen LogP contribution in [0.1, 0.15) is 21.6 Å². The molecule has 0 spiro atoms. The van der Waals surface area contributed by atoms with E-state index in [-0.39, 0.29) is 16.5 Å². The van der Waals surface area contributed by atoms with Crippen LogP contribution < -0.4 is 19.5 Å². The number of H-pyrrole nitrogens is 1. The molecule has 0 atom stereocenters. The number of ether oxygens (including phenoxy) is 2. The summed E-state index contributed by atoms with van der Waals surface area (Å²) in [6.07, 6.45) is 0. The average Bonchev–Trinajstić information content (AvgIpc) is 3.12. The number of para-hydroxylation sites is 2. The highest BCUT2D eigenvalue weighted by Crippen LogP contribution is 2.31. The van der Waals surface area contributed by atoms with Crippen molar-refractivity contribution in [3.8, 4) is 11.5 Å². The number of rotatable bonds is 7. The molecule has 0 saturated heterocycles. The van der Waals surface area contributed by atoms with E-state index in [1.54, 1.807) is 36.4 Å². The Hall–Kier alpha value is -3.98. The van der Waals surface area contributed by atoms with E-state index in [0.717, 1.165) is 22.2 Å². The molecule has 1 heterocycles. The van der Waals surface area contributed by atoms with Crippen LogP contribution in [0.2, 0.25) is 0 Å². The SMILES string of the molecule is COc1ccc(S(=O)(=O)Nc2ccccc2OC)cc1NC(=O)c1ccc2[nH]c(C)c(C)c2c1. The molecule has 4 rings (SSSR count). The van der Waals surface area contributed by atoms with E-state index in [9.17, 15) is 13.2 Å². The maximum atomic E-state index is 13.0. The van der Waals surface area contributed by atoms with Gasteiger partial charge in [0.15, 0.2) is 0 Å². The molecule has 0 aliphatic heterocycles. The van der Waals surface area contributed by atoms with Gasteiger partial charge in [0, 0.05) is 22.2 Å². The molecule has 0 aliphatic carbocycles. The fourth-order valence-electron chi connectivity index (χ4n) is 3.68. The van der Waals surface area contributed by atoms with Crippen molar-refractivity contribution < 1.29 is 22.7 Å². The summed E-state index contributed by atoms with van der Waals surface area (Å²) in [5.74, 6) is 0.337. The highest BCUT2D eigenvalue weighted by Gasteiger charge is 2.20. The minimum absolute atomic E-state index is 0.0398. The van der Waals surface area contributed by atoms with Gasteiger partial charge >= 0.3 is 0 Å². The monoisotopic (exact) mass is 479 g/mol. The van der Waals surface area contributed by atoms with Gasteiger partial charge in [0.1, 0.15) is 11.5 Å². The van der Waals surface area contributed by atoms with Crippen molar-refractivity contribution in [1.82, 2.24) is 4.98 Å². The third-order valence-corrected chi connectivity index (χ3v) is 7.01. The lowest BCUT2D eigenvalue weighted by Gasteiger charge is -2.15. The smallest absolute Gasteiger partial charge is 0.262 e. The van der Waals surface area contributed by atoms with Gasteiger partial charge in [0.2, 0.25) is 0 Å². The van der Waals surface area contributed by atoms with Crippen molar-refractivity contribution in [3.63, 3.8) is 0 Å². The third kappa shape index (κ3) is 4.42. The number of amides is 1. The Balaban J connectivity index is 1.65. The van der Waals surface area contributed by atoms with Crippen LogP contribution in [0.4, 0.5) is 11.4 Å². The van der Waals surface area contributed by atoms with Crippen LogP contribution in [-0.4, -0.2) is 33.5 Å². The molecule has 0 aliphatic rings. The number of aryl methyl sites for hydroxylation is 2. The molecule has 176 valence electrons. The van der Waals surface area contributed by atoms with Crippen molar-refractivity contribution in [2.45, 2.75) is 18.7 Å². The summed E-state index contributed by atoms with van der Waals surface area (Å²) in [6.45, 7) is 3.97. The first-order valence-electron chi connectivity index (χ1n) is 10.5. The zero-order valence-electron chi connectivity index (χ0n) is 19.2. The number of aromatic amines is 1. The Kier molecular flexibility index (Phi) is 6.21. The first kappa shape index (κ1) is 23.2. The molecule has 0 bridgehead atoms. The first-order chi connectivity index (χ1) is 16.2. The predicted octanol–water partition coefficient (Wildman–Crippen LogP) is 4.86. The number of carbonyl (C=O) groups is 1. The summed E-state index contributed by atoms with van der Waals surface area (Å²) in [6, 6.07) is 16.3. The number of anilines is 2. The molecule has 0 fully saturated rings. The van der Waals surface area contributed by atoms with E-state index in [2.05, 4.69) is 15.0 Å². The largest absolute Gasteiger partial charge is 0.495 e. The second kappa shape index (κ2) is 9.11. The Morgan fingerprint density at radius 2 is 1.59 bits per heavy atom. The van der Waals surface area contributed by atoms with Gasteiger partial charge in [-0.1, -0.05) is 12.1 Å². The highest BCUT2D eigenvalue weighted by atomic mass is 32.2. The molecular weight excluding hydrogens is 454 g/mol. The number of hydrogen-bond donors (Lipinski definition) is 3. The van der Waals surface area contributed by atoms with Gasteiger partial charge in [0.25, 0.3) is 15.9 Å². The van der Waals surface area contributed by atoms with E-state index in [1.807, 2.05) is 19.9 Å². The molecule has 3 aromatic carbocycles. The quantitative estimate of drug-likeness (QED) is 0.351. The highest BCUT2D eigenvalue weighted by molar-refractivity contribution is 7.92. The predicted molar refractivity (Wildman–Crippen MR) is 133 cm³/mol. The van der Waals surface area contributed by atoms with Crippen LogP contribution in [0.3, 0.4) is 0 Å². The number of carbonyl (C=O) groups excluding carboxylic acids is 1. The molecule has 1 aromatic heterocycles. The van der Waals surface area contributed by atoms with Crippen molar-refractivity contribution in [1.29, 1.82) is 0 Å². The molecule has 1 amide bonds. The van der Waals surface area contributed by atoms with Crippen LogP contribution in [0, 0.1) is 13.8 Å². The molecule has 34 heavy (non-hydrogen) atoms. The Morgan fingerprint density at radius 1 is 0.882 bits per heavy atom. The molecule has 9 heteroatoms. The lowest BCUT2D eigenvalue weighted by molar-refractivity contribution is 0.102. The van der Waals surface area contributed by atoms with E-state index in [1.165, 1.54) is 32.4 Å². The van der Waals surface area contributed by atoms with Crippen LogP contribution in [0.25, 0.3) is 10.9 Å². The number of sulfonamides is 1. The third-order valence-electron chi connectivity index (χ3n) is 5.65. The molecule has 4 aromatic rings. The number of hydrogen-bond acceptors (Lipinski definition) is 5. The summed E-state index contributed by atoms with van der Waals surface area (Å²) >= 11 is 0. The van der Waals surface area contributed by atoms with Gasteiger partial charge in [-0.05, 0) is 67.9 Å². The average molecular weight is 480 g/mol. The first-order valence-corrected chi connectivity index (χ1v) is 12.0. The molecule has 0 radical (unpaired) electrons. The van der Waals surface area contributed by atoms with Crippen LogP contribution in [0.15, 0.2) is 65.6 Å². The van der Waals surface area contributed by atoms with E-state index < -0.39 is 10.0 Å². The van der Waals surface area contributed by atoms with E-state index in [0.29, 0.717) is 22.7 Å². The second-order valence-corrected chi connectivity index (χ2v) is 9.44. The van der Waals surface area contributed by atoms with Gasteiger partial charge in [-0.15, -0.1) is 0 Å². The standard InChI is InChI=1S/C25H25N3O5S/c1-15-16(2)26-20-11-9-17(13-19(15)20)25(29)27-22-14-18(10-12-24(22)33-4)34(30,31)28-21-7-5-6-8-23(21)32-3/h5-14,26,28H,1-4H3,(H,27,29). The summed E-state index contributed by atoms with van der Waals surface area (Å²) in [4.78, 5) is 16.3. The van der Waals surface area contributed by atoms with Gasteiger partial charge < -0.3 is 19.8 Å². The second-order valence-electron chi connectivity index (χ2n) is 7.76. The van der Waals surface area contributed by atoms with Crippen LogP contribution in [-0.2, 0) is 10.0 Å². The number of benzene rings is 3. The summed E-state index contributed by atoms with van der Waals surface area (Å²) in [5, 5.41) is 3.73. The van der Waals surface area contributed by atoms with Crippen LogP contribution >= 0.6 is 0 Å². The van der Waals surface area contributed by atoms with E-state index >= 15 is 0 Å². The fraction of sp³-hybridized carbons (Fsp3) is 0.160. The molecule has 0 unspecified atom stereocenters. The number of methoxy groups -OCH3 is 2. The van der Waals surface area contributed by atoms with Crippen LogP contribution in [0.5, 0.6) is 11.5 Å². The van der Waals surface area contributed by atoms with E-state index in [4.69, 9.17) is 9.47 Å². The summed E-state index contributed by atoms with van der Waals surface area (Å²) in [7, 11) is -1.06. The van der Waals surface area contributed by atoms with Crippen molar-refractivity contribution in [2.24, 2.45) is 0 Å². The topological polar surface area (TPSA) is 110 Å².